The number of hydrogen-bond donors (Lipinski definition) is 1. The van der Waals surface area contributed by atoms with E-state index in [2.05, 4.69) is 49.9 Å². The number of benzene rings is 1. The van der Waals surface area contributed by atoms with Crippen molar-refractivity contribution >= 4 is 17.4 Å². The zero-order valence-electron chi connectivity index (χ0n) is 11.6. The van der Waals surface area contributed by atoms with Crippen LogP contribution in [0.3, 0.4) is 0 Å². The Labute approximate surface area is 115 Å². The molecule has 1 fully saturated rings. The van der Waals surface area contributed by atoms with Gasteiger partial charge in [0.05, 0.1) is 5.54 Å². The molecule has 2 unspecified atom stereocenters. The maximum absolute atomic E-state index is 6.15. The lowest BCUT2D eigenvalue weighted by Gasteiger charge is -2.44. The van der Waals surface area contributed by atoms with Gasteiger partial charge in [-0.05, 0) is 38.2 Å². The Balaban J connectivity index is 2.34. The van der Waals surface area contributed by atoms with Gasteiger partial charge in [-0.25, -0.2) is 0 Å². The van der Waals surface area contributed by atoms with Gasteiger partial charge in [0.15, 0.2) is 0 Å². The molecule has 1 aromatic carbocycles. The molecule has 2 nitrogen and oxygen atoms in total. The van der Waals surface area contributed by atoms with Gasteiger partial charge in [-0.2, -0.15) is 11.8 Å². The molecule has 1 aromatic rings. The largest absolute Gasteiger partial charge is 0.364 e. The highest BCUT2D eigenvalue weighted by Gasteiger charge is 2.44. The van der Waals surface area contributed by atoms with Crippen LogP contribution in [0.2, 0.25) is 0 Å². The van der Waals surface area contributed by atoms with E-state index in [1.165, 1.54) is 23.4 Å². The normalized spacial score (nSPS) is 27.4. The van der Waals surface area contributed by atoms with Crippen molar-refractivity contribution in [3.63, 3.8) is 0 Å². The van der Waals surface area contributed by atoms with Gasteiger partial charge in [-0.1, -0.05) is 24.6 Å². The third-order valence-corrected chi connectivity index (χ3v) is 5.59. The second kappa shape index (κ2) is 5.54. The van der Waals surface area contributed by atoms with Gasteiger partial charge < -0.3 is 10.6 Å². The Bertz CT molecular complexity index is 390. The molecule has 1 saturated heterocycles. The predicted octanol–water partition coefficient (Wildman–Crippen LogP) is 3.04. The van der Waals surface area contributed by atoms with Crippen LogP contribution in [-0.2, 0) is 0 Å². The van der Waals surface area contributed by atoms with Gasteiger partial charge in [-0.15, -0.1) is 0 Å². The van der Waals surface area contributed by atoms with E-state index in [0.29, 0.717) is 5.25 Å². The van der Waals surface area contributed by atoms with E-state index in [1.54, 1.807) is 0 Å². The van der Waals surface area contributed by atoms with Gasteiger partial charge in [0.25, 0.3) is 0 Å². The fourth-order valence-corrected chi connectivity index (χ4v) is 4.46. The number of likely N-dealkylation sites (N-methyl/N-ethyl adjacent to an activating group) is 1. The summed E-state index contributed by atoms with van der Waals surface area (Å²) in [5.41, 5.74) is 8.90. The Hall–Kier alpha value is -0.670. The first kappa shape index (κ1) is 13.8. The first-order valence-electron chi connectivity index (χ1n) is 6.80. The van der Waals surface area contributed by atoms with Crippen molar-refractivity contribution in [2.24, 2.45) is 5.73 Å². The second-order valence-corrected chi connectivity index (χ2v) is 6.60. The lowest BCUT2D eigenvalue weighted by Crippen LogP contribution is -2.57. The Morgan fingerprint density at radius 1 is 1.39 bits per heavy atom. The first-order valence-corrected chi connectivity index (χ1v) is 7.85. The van der Waals surface area contributed by atoms with E-state index in [1.807, 2.05) is 11.8 Å². The van der Waals surface area contributed by atoms with Gasteiger partial charge in [-0.3, -0.25) is 0 Å². The summed E-state index contributed by atoms with van der Waals surface area (Å²) in [5.74, 6) is 1.22. The van der Waals surface area contributed by atoms with E-state index in [4.69, 9.17) is 5.73 Å². The van der Waals surface area contributed by atoms with Crippen LogP contribution in [0.4, 0.5) is 5.69 Å². The minimum absolute atomic E-state index is 0.134. The molecule has 3 heteroatoms. The second-order valence-electron chi connectivity index (χ2n) is 5.15. The summed E-state index contributed by atoms with van der Waals surface area (Å²) in [4.78, 5) is 2.51. The first-order chi connectivity index (χ1) is 8.64. The van der Waals surface area contributed by atoms with E-state index in [9.17, 15) is 0 Å². The third kappa shape index (κ3) is 2.26. The molecule has 2 N–H and O–H groups in total. The van der Waals surface area contributed by atoms with Crippen molar-refractivity contribution in [1.29, 1.82) is 0 Å². The number of nitrogens with two attached hydrogens (primary N) is 1. The molecule has 0 bridgehead atoms. The maximum Gasteiger partial charge on any atom is 0.0647 e. The molecule has 0 spiro atoms. The molecule has 0 aliphatic carbocycles. The monoisotopic (exact) mass is 264 g/mol. The van der Waals surface area contributed by atoms with Gasteiger partial charge in [0.1, 0.15) is 0 Å². The number of hydrogen-bond acceptors (Lipinski definition) is 3. The van der Waals surface area contributed by atoms with Gasteiger partial charge in [0.2, 0.25) is 0 Å². The number of anilines is 1. The molecule has 18 heavy (non-hydrogen) atoms. The van der Waals surface area contributed by atoms with Crippen LogP contribution < -0.4 is 10.6 Å². The van der Waals surface area contributed by atoms with Crippen LogP contribution in [0.5, 0.6) is 0 Å². The molecule has 1 aliphatic rings. The summed E-state index contributed by atoms with van der Waals surface area (Å²) in [6, 6.07) is 8.84. The van der Waals surface area contributed by atoms with Crippen LogP contribution in [-0.4, -0.2) is 29.6 Å². The van der Waals surface area contributed by atoms with Crippen LogP contribution >= 0.6 is 11.8 Å². The topological polar surface area (TPSA) is 29.3 Å². The number of rotatable bonds is 4. The van der Waals surface area contributed by atoms with Crippen LogP contribution in [0.15, 0.2) is 24.3 Å². The fourth-order valence-electron chi connectivity index (χ4n) is 2.98. The van der Waals surface area contributed by atoms with Crippen molar-refractivity contribution in [3.8, 4) is 0 Å². The van der Waals surface area contributed by atoms with Crippen molar-refractivity contribution in [3.05, 3.63) is 29.8 Å². The quantitative estimate of drug-likeness (QED) is 0.906. The highest BCUT2D eigenvalue weighted by Crippen LogP contribution is 2.41. The average Bonchev–Trinajstić information content (AvgIpc) is 2.75. The standard InChI is InChI=1S/C15H24N2S/c1-4-17(14-7-5-12(2)6-8-14)15(11-16)9-10-18-13(15)3/h5-8,13H,4,9-11,16H2,1-3H3. The molecule has 2 atom stereocenters. The predicted molar refractivity (Wildman–Crippen MR) is 82.5 cm³/mol. The molecule has 0 saturated carbocycles. The highest BCUT2D eigenvalue weighted by atomic mass is 32.2. The number of aryl methyl sites for hydroxylation is 1. The summed E-state index contributed by atoms with van der Waals surface area (Å²) in [6.07, 6.45) is 1.19. The molecule has 2 rings (SSSR count). The minimum atomic E-state index is 0.134. The SMILES string of the molecule is CCN(c1ccc(C)cc1)C1(CN)CCSC1C. The van der Waals surface area contributed by atoms with Crippen LogP contribution in [0, 0.1) is 6.92 Å². The molecule has 0 aromatic heterocycles. The fraction of sp³-hybridized carbons (Fsp3) is 0.600. The van der Waals surface area contributed by atoms with Crippen molar-refractivity contribution < 1.29 is 0 Å². The summed E-state index contributed by atoms with van der Waals surface area (Å²) < 4.78 is 0. The average molecular weight is 264 g/mol. The van der Waals surface area contributed by atoms with E-state index >= 15 is 0 Å². The summed E-state index contributed by atoms with van der Waals surface area (Å²) in [5, 5.41) is 0.601. The molecular weight excluding hydrogens is 240 g/mol. The van der Waals surface area contributed by atoms with Crippen molar-refractivity contribution in [2.45, 2.75) is 38.0 Å². The lowest BCUT2D eigenvalue weighted by atomic mass is 9.89. The van der Waals surface area contributed by atoms with Gasteiger partial charge >= 0.3 is 0 Å². The molecule has 0 amide bonds. The summed E-state index contributed by atoms with van der Waals surface area (Å²) in [6.45, 7) is 8.44. The zero-order chi connectivity index (χ0) is 13.2. The number of thioether (sulfide) groups is 1. The molecular formula is C15H24N2S. The number of nitrogens with zero attached hydrogens (tertiary/aromatic N) is 1. The molecule has 0 radical (unpaired) electrons. The van der Waals surface area contributed by atoms with E-state index < -0.39 is 0 Å². The smallest absolute Gasteiger partial charge is 0.0647 e. The maximum atomic E-state index is 6.15. The Morgan fingerprint density at radius 3 is 2.50 bits per heavy atom. The summed E-state index contributed by atoms with van der Waals surface area (Å²) in [7, 11) is 0. The molecule has 1 heterocycles. The van der Waals surface area contributed by atoms with Gasteiger partial charge in [0, 0.05) is 24.0 Å². The Kier molecular flexibility index (Phi) is 4.23. The lowest BCUT2D eigenvalue weighted by molar-refractivity contribution is 0.400. The zero-order valence-corrected chi connectivity index (χ0v) is 12.5. The third-order valence-electron chi connectivity index (χ3n) is 4.21. The Morgan fingerprint density at radius 2 is 2.06 bits per heavy atom. The van der Waals surface area contributed by atoms with Crippen LogP contribution in [0.25, 0.3) is 0 Å². The van der Waals surface area contributed by atoms with E-state index in [-0.39, 0.29) is 5.54 Å². The van der Waals surface area contributed by atoms with Crippen molar-refractivity contribution in [1.82, 2.24) is 0 Å². The molecule has 100 valence electrons. The summed E-state index contributed by atoms with van der Waals surface area (Å²) >= 11 is 2.05. The minimum Gasteiger partial charge on any atom is -0.364 e. The highest BCUT2D eigenvalue weighted by molar-refractivity contribution is 8.00. The van der Waals surface area contributed by atoms with E-state index in [0.717, 1.165) is 13.1 Å². The van der Waals surface area contributed by atoms with Crippen LogP contribution in [0.1, 0.15) is 25.8 Å². The molecule has 1 aliphatic heterocycles. The van der Waals surface area contributed by atoms with Crippen molar-refractivity contribution in [2.75, 3.05) is 23.7 Å².